The Kier molecular flexibility index (Phi) is 4.41. The zero-order valence-corrected chi connectivity index (χ0v) is 12.4. The summed E-state index contributed by atoms with van der Waals surface area (Å²) in [5, 5.41) is 3.96. The van der Waals surface area contributed by atoms with E-state index in [4.69, 9.17) is 4.99 Å². The third-order valence-electron chi connectivity index (χ3n) is 3.92. The fourth-order valence-corrected chi connectivity index (χ4v) is 4.02. The second-order valence-electron chi connectivity index (χ2n) is 5.50. The van der Waals surface area contributed by atoms with Gasteiger partial charge in [0.1, 0.15) is 0 Å². The van der Waals surface area contributed by atoms with Gasteiger partial charge in [-0.15, -0.1) is 0 Å². The van der Waals surface area contributed by atoms with Crippen LogP contribution in [0, 0.1) is 0 Å². The van der Waals surface area contributed by atoms with E-state index in [1.807, 2.05) is 18.2 Å². The van der Waals surface area contributed by atoms with Crippen LogP contribution in [0.2, 0.25) is 0 Å². The van der Waals surface area contributed by atoms with Gasteiger partial charge in [0.2, 0.25) is 5.91 Å². The molecule has 0 unspecified atom stereocenters. The molecule has 106 valence electrons. The van der Waals surface area contributed by atoms with Gasteiger partial charge in [0.25, 0.3) is 0 Å². The fourth-order valence-electron chi connectivity index (χ4n) is 2.84. The first-order valence-corrected chi connectivity index (χ1v) is 8.28. The summed E-state index contributed by atoms with van der Waals surface area (Å²) in [5.41, 5.74) is 1.21. The van der Waals surface area contributed by atoms with Crippen LogP contribution < -0.4 is 5.32 Å². The number of benzene rings is 1. The first-order chi connectivity index (χ1) is 9.81. The second kappa shape index (κ2) is 6.44. The highest BCUT2D eigenvalue weighted by Crippen LogP contribution is 2.36. The lowest BCUT2D eigenvalue weighted by atomic mass is 9.96. The normalized spacial score (nSPS) is 26.5. The molecule has 2 fully saturated rings. The number of amidine groups is 1. The van der Waals surface area contributed by atoms with Gasteiger partial charge in [-0.3, -0.25) is 9.79 Å². The predicted octanol–water partition coefficient (Wildman–Crippen LogP) is 3.67. The van der Waals surface area contributed by atoms with E-state index in [-0.39, 0.29) is 11.2 Å². The highest BCUT2D eigenvalue weighted by atomic mass is 32.2. The van der Waals surface area contributed by atoms with Crippen LogP contribution in [0.25, 0.3) is 0 Å². The Morgan fingerprint density at radius 2 is 1.85 bits per heavy atom. The molecule has 4 heteroatoms. The van der Waals surface area contributed by atoms with Crippen LogP contribution in [-0.4, -0.2) is 17.1 Å². The van der Waals surface area contributed by atoms with Crippen molar-refractivity contribution in [2.24, 2.45) is 4.99 Å². The summed E-state index contributed by atoms with van der Waals surface area (Å²) < 4.78 is 0. The van der Waals surface area contributed by atoms with Crippen molar-refractivity contribution in [1.29, 1.82) is 0 Å². The molecule has 1 atom stereocenters. The largest absolute Gasteiger partial charge is 0.305 e. The molecule has 1 aromatic carbocycles. The molecule has 0 radical (unpaired) electrons. The molecule has 0 aromatic heterocycles. The first kappa shape index (κ1) is 13.7. The second-order valence-corrected chi connectivity index (χ2v) is 6.69. The number of carbonyl (C=O) groups excluding carboxylic acids is 1. The molecular weight excluding hydrogens is 268 g/mol. The fraction of sp³-hybridized carbons (Fsp3) is 0.500. The van der Waals surface area contributed by atoms with Crippen LogP contribution in [0.5, 0.6) is 0 Å². The molecule has 3 rings (SSSR count). The van der Waals surface area contributed by atoms with Crippen molar-refractivity contribution in [2.45, 2.75) is 49.8 Å². The van der Waals surface area contributed by atoms with E-state index >= 15 is 0 Å². The van der Waals surface area contributed by atoms with Crippen molar-refractivity contribution < 1.29 is 4.79 Å². The molecule has 0 bridgehead atoms. The monoisotopic (exact) mass is 288 g/mol. The summed E-state index contributed by atoms with van der Waals surface area (Å²) in [6, 6.07) is 10.7. The molecule has 1 saturated heterocycles. The lowest BCUT2D eigenvalue weighted by Gasteiger charge is -2.25. The number of nitrogens with one attached hydrogen (secondary N) is 1. The smallest absolute Gasteiger partial charge is 0.227 e. The van der Waals surface area contributed by atoms with Gasteiger partial charge in [-0.2, -0.15) is 0 Å². The zero-order chi connectivity index (χ0) is 13.8. The Balaban J connectivity index is 1.72. The van der Waals surface area contributed by atoms with Gasteiger partial charge in [0.15, 0.2) is 5.17 Å². The van der Waals surface area contributed by atoms with Crippen LogP contribution >= 0.6 is 11.8 Å². The number of aliphatic imine (C=N–C) groups is 1. The molecule has 1 heterocycles. The maximum Gasteiger partial charge on any atom is 0.227 e. The molecule has 20 heavy (non-hydrogen) atoms. The lowest BCUT2D eigenvalue weighted by Crippen LogP contribution is -2.35. The minimum absolute atomic E-state index is 0.0900. The summed E-state index contributed by atoms with van der Waals surface area (Å²) in [4.78, 5) is 16.7. The van der Waals surface area contributed by atoms with Crippen molar-refractivity contribution in [3.8, 4) is 0 Å². The molecule has 1 saturated carbocycles. The Labute approximate surface area is 124 Å². The van der Waals surface area contributed by atoms with E-state index in [1.54, 1.807) is 11.8 Å². The van der Waals surface area contributed by atoms with Gasteiger partial charge in [-0.25, -0.2) is 0 Å². The molecule has 1 aromatic rings. The van der Waals surface area contributed by atoms with Gasteiger partial charge >= 0.3 is 0 Å². The molecule has 1 amide bonds. The Hall–Kier alpha value is -1.29. The molecular formula is C16H20N2OS. The molecule has 1 aliphatic carbocycles. The van der Waals surface area contributed by atoms with Gasteiger partial charge < -0.3 is 5.32 Å². The minimum atomic E-state index is 0.0900. The van der Waals surface area contributed by atoms with Gasteiger partial charge in [0.05, 0.1) is 6.04 Å². The highest BCUT2D eigenvalue weighted by molar-refractivity contribution is 8.14. The van der Waals surface area contributed by atoms with E-state index in [1.165, 1.54) is 24.8 Å². The van der Waals surface area contributed by atoms with Crippen LogP contribution in [-0.2, 0) is 4.79 Å². The van der Waals surface area contributed by atoms with E-state index in [2.05, 4.69) is 17.4 Å². The molecule has 1 aliphatic heterocycles. The highest BCUT2D eigenvalue weighted by Gasteiger charge is 2.26. The zero-order valence-electron chi connectivity index (χ0n) is 11.5. The predicted molar refractivity (Wildman–Crippen MR) is 83.8 cm³/mol. The quantitative estimate of drug-likeness (QED) is 0.902. The molecule has 2 aliphatic rings. The summed E-state index contributed by atoms with van der Waals surface area (Å²) in [6.45, 7) is 0. The number of carbonyl (C=O) groups is 1. The number of amides is 1. The third-order valence-corrected chi connectivity index (χ3v) is 5.07. The minimum Gasteiger partial charge on any atom is -0.305 e. The molecule has 3 nitrogen and oxygen atoms in total. The van der Waals surface area contributed by atoms with E-state index < -0.39 is 0 Å². The Bertz CT molecular complexity index is 494. The van der Waals surface area contributed by atoms with E-state index in [9.17, 15) is 4.79 Å². The summed E-state index contributed by atoms with van der Waals surface area (Å²) in [7, 11) is 0. The third kappa shape index (κ3) is 3.42. The molecule has 1 N–H and O–H groups in total. The van der Waals surface area contributed by atoms with E-state index in [0.717, 1.165) is 18.0 Å². The van der Waals surface area contributed by atoms with Crippen molar-refractivity contribution >= 4 is 22.8 Å². The first-order valence-electron chi connectivity index (χ1n) is 7.40. The standard InChI is InChI=1S/C16H20N2OS/c19-15-11-14(12-7-3-1-4-8-12)20-16(18-15)17-13-9-5-2-6-10-13/h1,3-4,7-8,13-14H,2,5-6,9-11H2,(H,17,18,19)/t14-/m0/s1. The van der Waals surface area contributed by atoms with Crippen LogP contribution in [0.1, 0.15) is 49.3 Å². The number of rotatable bonds is 2. The Morgan fingerprint density at radius 1 is 1.10 bits per heavy atom. The lowest BCUT2D eigenvalue weighted by molar-refractivity contribution is -0.119. The average Bonchev–Trinajstić information content (AvgIpc) is 2.49. The van der Waals surface area contributed by atoms with Crippen molar-refractivity contribution in [1.82, 2.24) is 5.32 Å². The summed E-state index contributed by atoms with van der Waals surface area (Å²) in [6.07, 6.45) is 6.72. The van der Waals surface area contributed by atoms with Gasteiger partial charge in [-0.1, -0.05) is 61.4 Å². The maximum absolute atomic E-state index is 11.9. The summed E-state index contributed by atoms with van der Waals surface area (Å²) >= 11 is 1.70. The van der Waals surface area contributed by atoms with Crippen molar-refractivity contribution in [3.63, 3.8) is 0 Å². The van der Waals surface area contributed by atoms with Crippen LogP contribution in [0.3, 0.4) is 0 Å². The topological polar surface area (TPSA) is 41.5 Å². The van der Waals surface area contributed by atoms with Gasteiger partial charge in [-0.05, 0) is 18.4 Å². The number of hydrogen-bond acceptors (Lipinski definition) is 3. The Morgan fingerprint density at radius 3 is 2.60 bits per heavy atom. The number of hydrogen-bond donors (Lipinski definition) is 1. The molecule has 0 spiro atoms. The SMILES string of the molecule is O=C1C[C@@H](c2ccccc2)SC(=NC2CCCCC2)N1. The van der Waals surface area contributed by atoms with Gasteiger partial charge in [0, 0.05) is 11.7 Å². The van der Waals surface area contributed by atoms with Crippen molar-refractivity contribution in [2.75, 3.05) is 0 Å². The maximum atomic E-state index is 11.9. The number of thioether (sulfide) groups is 1. The average molecular weight is 288 g/mol. The van der Waals surface area contributed by atoms with E-state index in [0.29, 0.717) is 12.5 Å². The van der Waals surface area contributed by atoms with Crippen LogP contribution in [0.4, 0.5) is 0 Å². The summed E-state index contributed by atoms with van der Waals surface area (Å²) in [5.74, 6) is 0.0900. The van der Waals surface area contributed by atoms with Crippen LogP contribution in [0.15, 0.2) is 35.3 Å². The van der Waals surface area contributed by atoms with Crippen molar-refractivity contribution in [3.05, 3.63) is 35.9 Å². The number of nitrogens with zero attached hydrogens (tertiary/aromatic N) is 1.